The third-order valence-electron chi connectivity index (χ3n) is 4.89. The summed E-state index contributed by atoms with van der Waals surface area (Å²) in [4.78, 5) is 24.0. The minimum atomic E-state index is -0.0187. The van der Waals surface area contributed by atoms with E-state index in [0.717, 1.165) is 31.2 Å². The first-order chi connectivity index (χ1) is 13.1. The molecular weight excluding hydrogens is 344 g/mol. The molecule has 0 heterocycles. The number of methoxy groups -OCH3 is 1. The summed E-state index contributed by atoms with van der Waals surface area (Å²) in [6, 6.07) is 5.73. The third kappa shape index (κ3) is 7.12. The van der Waals surface area contributed by atoms with E-state index in [1.165, 1.54) is 6.42 Å². The van der Waals surface area contributed by atoms with Crippen LogP contribution in [-0.4, -0.2) is 38.6 Å². The molecule has 0 atom stereocenters. The highest BCUT2D eigenvalue weighted by molar-refractivity contribution is 5.79. The Balaban J connectivity index is 1.65. The SMILES string of the molecule is CCOc1ccc(CCC(=O)NCCNC(=O)C2CCCCC2)cc1OC. The average molecular weight is 376 g/mol. The van der Waals surface area contributed by atoms with E-state index in [0.29, 0.717) is 44.0 Å². The summed E-state index contributed by atoms with van der Waals surface area (Å²) in [5.74, 6) is 1.66. The molecule has 1 aliphatic carbocycles. The quantitative estimate of drug-likeness (QED) is 0.616. The molecule has 1 aromatic rings. The summed E-state index contributed by atoms with van der Waals surface area (Å²) in [6.45, 7) is 3.45. The van der Waals surface area contributed by atoms with Crippen LogP contribution in [-0.2, 0) is 16.0 Å². The average Bonchev–Trinajstić information content (AvgIpc) is 2.71. The number of aryl methyl sites for hydroxylation is 1. The molecule has 2 amide bonds. The highest BCUT2D eigenvalue weighted by atomic mass is 16.5. The Morgan fingerprint density at radius 3 is 2.52 bits per heavy atom. The van der Waals surface area contributed by atoms with Crippen LogP contribution in [0.15, 0.2) is 18.2 Å². The van der Waals surface area contributed by atoms with Crippen LogP contribution in [0.4, 0.5) is 0 Å². The highest BCUT2D eigenvalue weighted by Crippen LogP contribution is 2.28. The molecule has 2 N–H and O–H groups in total. The fourth-order valence-electron chi connectivity index (χ4n) is 3.39. The molecule has 6 heteroatoms. The predicted octanol–water partition coefficient (Wildman–Crippen LogP) is 2.84. The monoisotopic (exact) mass is 376 g/mol. The van der Waals surface area contributed by atoms with Crippen molar-refractivity contribution in [2.45, 2.75) is 51.9 Å². The second kappa shape index (κ2) is 11.5. The minimum Gasteiger partial charge on any atom is -0.493 e. The van der Waals surface area contributed by atoms with Crippen molar-refractivity contribution in [3.8, 4) is 11.5 Å². The zero-order valence-corrected chi connectivity index (χ0v) is 16.5. The molecular formula is C21H32N2O4. The van der Waals surface area contributed by atoms with Crippen molar-refractivity contribution in [3.63, 3.8) is 0 Å². The van der Waals surface area contributed by atoms with Crippen LogP contribution >= 0.6 is 0 Å². The van der Waals surface area contributed by atoms with Crippen molar-refractivity contribution < 1.29 is 19.1 Å². The van der Waals surface area contributed by atoms with E-state index in [-0.39, 0.29) is 17.7 Å². The summed E-state index contributed by atoms with van der Waals surface area (Å²) in [6.07, 6.45) is 6.53. The first-order valence-electron chi connectivity index (χ1n) is 9.98. The van der Waals surface area contributed by atoms with E-state index in [1.807, 2.05) is 25.1 Å². The maximum Gasteiger partial charge on any atom is 0.223 e. The van der Waals surface area contributed by atoms with Crippen LogP contribution < -0.4 is 20.1 Å². The number of amides is 2. The van der Waals surface area contributed by atoms with Crippen LogP contribution in [0, 0.1) is 5.92 Å². The number of rotatable bonds is 10. The number of nitrogens with one attached hydrogen (secondary N) is 2. The molecule has 0 saturated heterocycles. The van der Waals surface area contributed by atoms with Gasteiger partial charge in [-0.05, 0) is 43.9 Å². The molecule has 1 fully saturated rings. The lowest BCUT2D eigenvalue weighted by Gasteiger charge is -2.20. The maximum atomic E-state index is 12.0. The Morgan fingerprint density at radius 1 is 1.07 bits per heavy atom. The predicted molar refractivity (Wildman–Crippen MR) is 105 cm³/mol. The minimum absolute atomic E-state index is 0.0187. The lowest BCUT2D eigenvalue weighted by atomic mass is 9.89. The van der Waals surface area contributed by atoms with Crippen molar-refractivity contribution in [2.75, 3.05) is 26.8 Å². The Morgan fingerprint density at radius 2 is 1.81 bits per heavy atom. The van der Waals surface area contributed by atoms with Gasteiger partial charge in [0.2, 0.25) is 11.8 Å². The molecule has 1 saturated carbocycles. The van der Waals surface area contributed by atoms with Gasteiger partial charge in [-0.2, -0.15) is 0 Å². The van der Waals surface area contributed by atoms with E-state index in [9.17, 15) is 9.59 Å². The van der Waals surface area contributed by atoms with Gasteiger partial charge in [-0.25, -0.2) is 0 Å². The van der Waals surface area contributed by atoms with Crippen LogP contribution in [0.25, 0.3) is 0 Å². The first-order valence-corrected chi connectivity index (χ1v) is 9.98. The summed E-state index contributed by atoms with van der Waals surface area (Å²) < 4.78 is 10.8. The van der Waals surface area contributed by atoms with E-state index >= 15 is 0 Å². The van der Waals surface area contributed by atoms with Crippen LogP contribution in [0.1, 0.15) is 51.0 Å². The first kappa shape index (κ1) is 21.1. The van der Waals surface area contributed by atoms with Crippen molar-refractivity contribution in [1.29, 1.82) is 0 Å². The van der Waals surface area contributed by atoms with Crippen molar-refractivity contribution in [2.24, 2.45) is 5.92 Å². The number of ether oxygens (including phenoxy) is 2. The van der Waals surface area contributed by atoms with Gasteiger partial charge in [-0.3, -0.25) is 9.59 Å². The molecule has 1 aliphatic rings. The van der Waals surface area contributed by atoms with Crippen LogP contribution in [0.5, 0.6) is 11.5 Å². The van der Waals surface area contributed by atoms with Gasteiger partial charge < -0.3 is 20.1 Å². The zero-order valence-electron chi connectivity index (χ0n) is 16.5. The molecule has 0 unspecified atom stereocenters. The van der Waals surface area contributed by atoms with Gasteiger partial charge in [0.25, 0.3) is 0 Å². The Bertz CT molecular complexity index is 612. The standard InChI is InChI=1S/C21H32N2O4/c1-3-27-18-11-9-16(15-19(18)26-2)10-12-20(24)22-13-14-23-21(25)17-7-5-4-6-8-17/h9,11,15,17H,3-8,10,12-14H2,1-2H3,(H,22,24)(H,23,25). The number of hydrogen-bond donors (Lipinski definition) is 2. The Kier molecular flexibility index (Phi) is 8.95. The van der Waals surface area contributed by atoms with Gasteiger partial charge in [0, 0.05) is 25.4 Å². The fraction of sp³-hybridized carbons (Fsp3) is 0.619. The number of hydrogen-bond acceptors (Lipinski definition) is 4. The largest absolute Gasteiger partial charge is 0.493 e. The topological polar surface area (TPSA) is 76.7 Å². The molecule has 150 valence electrons. The second-order valence-corrected chi connectivity index (χ2v) is 6.89. The number of benzene rings is 1. The fourth-order valence-corrected chi connectivity index (χ4v) is 3.39. The highest BCUT2D eigenvalue weighted by Gasteiger charge is 2.20. The second-order valence-electron chi connectivity index (χ2n) is 6.89. The van der Waals surface area contributed by atoms with Gasteiger partial charge in [0.15, 0.2) is 11.5 Å². The molecule has 0 bridgehead atoms. The Labute approximate surface area is 162 Å². The van der Waals surface area contributed by atoms with E-state index < -0.39 is 0 Å². The summed E-state index contributed by atoms with van der Waals surface area (Å²) in [5.41, 5.74) is 1.02. The van der Waals surface area contributed by atoms with Crippen molar-refractivity contribution in [3.05, 3.63) is 23.8 Å². The lowest BCUT2D eigenvalue weighted by Crippen LogP contribution is -2.38. The smallest absolute Gasteiger partial charge is 0.223 e. The molecule has 27 heavy (non-hydrogen) atoms. The molecule has 0 aromatic heterocycles. The van der Waals surface area contributed by atoms with Gasteiger partial charge in [0.05, 0.1) is 13.7 Å². The third-order valence-corrected chi connectivity index (χ3v) is 4.89. The van der Waals surface area contributed by atoms with Gasteiger partial charge in [-0.15, -0.1) is 0 Å². The molecule has 0 aliphatic heterocycles. The zero-order chi connectivity index (χ0) is 19.5. The van der Waals surface area contributed by atoms with Crippen molar-refractivity contribution in [1.82, 2.24) is 10.6 Å². The summed E-state index contributed by atoms with van der Waals surface area (Å²) in [7, 11) is 1.61. The molecule has 0 spiro atoms. The van der Waals surface area contributed by atoms with E-state index in [1.54, 1.807) is 7.11 Å². The molecule has 6 nitrogen and oxygen atoms in total. The number of carbonyl (C=O) groups excluding carboxylic acids is 2. The van der Waals surface area contributed by atoms with Gasteiger partial charge in [-0.1, -0.05) is 25.3 Å². The molecule has 0 radical (unpaired) electrons. The van der Waals surface area contributed by atoms with Gasteiger partial charge in [0.1, 0.15) is 0 Å². The van der Waals surface area contributed by atoms with E-state index in [4.69, 9.17) is 9.47 Å². The van der Waals surface area contributed by atoms with Crippen LogP contribution in [0.3, 0.4) is 0 Å². The maximum absolute atomic E-state index is 12.0. The molecule has 2 rings (SSSR count). The summed E-state index contributed by atoms with van der Waals surface area (Å²) >= 11 is 0. The van der Waals surface area contributed by atoms with E-state index in [2.05, 4.69) is 10.6 Å². The Hall–Kier alpha value is -2.24. The lowest BCUT2D eigenvalue weighted by molar-refractivity contribution is -0.126. The molecule has 1 aromatic carbocycles. The van der Waals surface area contributed by atoms with Crippen LogP contribution in [0.2, 0.25) is 0 Å². The van der Waals surface area contributed by atoms with Crippen molar-refractivity contribution >= 4 is 11.8 Å². The normalized spacial score (nSPS) is 14.4. The number of carbonyl (C=O) groups is 2. The summed E-state index contributed by atoms with van der Waals surface area (Å²) in [5, 5.41) is 5.79. The van der Waals surface area contributed by atoms with Gasteiger partial charge >= 0.3 is 0 Å².